The molecule has 0 aromatic carbocycles. The van der Waals surface area contributed by atoms with Crippen molar-refractivity contribution in [2.45, 2.75) is 13.8 Å². The minimum absolute atomic E-state index is 0.621. The second-order valence-corrected chi connectivity index (χ2v) is 3.87. The van der Waals surface area contributed by atoms with E-state index in [9.17, 15) is 0 Å². The molecule has 0 atom stereocenters. The molecule has 0 radical (unpaired) electrons. The van der Waals surface area contributed by atoms with Gasteiger partial charge in [-0.3, -0.25) is 10.3 Å². The summed E-state index contributed by atoms with van der Waals surface area (Å²) in [6.07, 6.45) is 1.89. The highest BCUT2D eigenvalue weighted by Gasteiger charge is 1.89. The van der Waals surface area contributed by atoms with E-state index in [1.807, 2.05) is 20.1 Å². The second-order valence-electron chi connectivity index (χ2n) is 2.17. The van der Waals surface area contributed by atoms with Crippen LogP contribution >= 0.6 is 11.8 Å². The molecule has 0 bridgehead atoms. The van der Waals surface area contributed by atoms with Crippen LogP contribution in [0.5, 0.6) is 0 Å². The van der Waals surface area contributed by atoms with E-state index >= 15 is 0 Å². The van der Waals surface area contributed by atoms with Crippen LogP contribution in [0.25, 0.3) is 0 Å². The van der Waals surface area contributed by atoms with E-state index in [0.29, 0.717) is 5.17 Å². The fourth-order valence-electron chi connectivity index (χ4n) is 0.213. The lowest BCUT2D eigenvalue weighted by molar-refractivity contribution is -0.460. The number of hydrazone groups is 1. The molecule has 0 fully saturated rings. The van der Waals surface area contributed by atoms with Crippen LogP contribution in [0, 0.1) is 0 Å². The summed E-state index contributed by atoms with van der Waals surface area (Å²) in [5.41, 5.74) is 6.35. The first kappa shape index (κ1) is 15.8. The fraction of sp³-hybridized carbons (Fsp3) is 0.600. The summed E-state index contributed by atoms with van der Waals surface area (Å²) in [6, 6.07) is 0. The SMILES string of the molecule is CS/C(N)=[NH+]/N=C(C)C.O=S(=O)([O-])O. The minimum atomic E-state index is -4.92. The van der Waals surface area contributed by atoms with Crippen LogP contribution in [-0.2, 0) is 10.4 Å². The highest BCUT2D eigenvalue weighted by atomic mass is 32.3. The van der Waals surface area contributed by atoms with Crippen molar-refractivity contribution in [2.24, 2.45) is 10.8 Å². The van der Waals surface area contributed by atoms with Crippen molar-refractivity contribution in [3.63, 3.8) is 0 Å². The molecule has 4 N–H and O–H groups in total. The lowest BCUT2D eigenvalue weighted by Gasteiger charge is -1.88. The molecule has 0 aliphatic carbocycles. The highest BCUT2D eigenvalue weighted by molar-refractivity contribution is 8.12. The number of rotatable bonds is 1. The highest BCUT2D eigenvalue weighted by Crippen LogP contribution is 1.80. The van der Waals surface area contributed by atoms with E-state index in [1.54, 1.807) is 0 Å². The van der Waals surface area contributed by atoms with Gasteiger partial charge in [0.2, 0.25) is 10.4 Å². The van der Waals surface area contributed by atoms with Crippen molar-refractivity contribution < 1.29 is 22.6 Å². The van der Waals surface area contributed by atoms with Crippen molar-refractivity contribution in [2.75, 3.05) is 6.26 Å². The van der Waals surface area contributed by atoms with E-state index in [-0.39, 0.29) is 0 Å². The third-order valence-electron chi connectivity index (χ3n) is 0.610. The predicted octanol–water partition coefficient (Wildman–Crippen LogP) is -1.85. The van der Waals surface area contributed by atoms with E-state index < -0.39 is 10.4 Å². The van der Waals surface area contributed by atoms with Crippen LogP contribution in [0.2, 0.25) is 0 Å². The van der Waals surface area contributed by atoms with Gasteiger partial charge >= 0.3 is 5.17 Å². The van der Waals surface area contributed by atoms with Crippen molar-refractivity contribution in [3.8, 4) is 0 Å². The van der Waals surface area contributed by atoms with E-state index in [4.69, 9.17) is 23.3 Å². The quantitative estimate of drug-likeness (QED) is 0.163. The first-order valence-electron chi connectivity index (χ1n) is 3.28. The zero-order valence-corrected chi connectivity index (χ0v) is 9.65. The number of hydrogen-bond donors (Lipinski definition) is 3. The van der Waals surface area contributed by atoms with Gasteiger partial charge in [-0.05, 0) is 31.9 Å². The molecule has 9 heteroatoms. The smallest absolute Gasteiger partial charge is 0.326 e. The summed E-state index contributed by atoms with van der Waals surface area (Å²) in [7, 11) is -4.92. The number of thioether (sulfide) groups is 1. The molecule has 0 saturated carbocycles. The molecule has 14 heavy (non-hydrogen) atoms. The molecule has 0 aliphatic heterocycles. The number of nitrogens with zero attached hydrogens (tertiary/aromatic N) is 1. The van der Waals surface area contributed by atoms with Crippen molar-refractivity contribution in [1.82, 2.24) is 0 Å². The van der Waals surface area contributed by atoms with Crippen LogP contribution in [0.15, 0.2) is 5.10 Å². The number of nitrogens with one attached hydrogen (secondary N) is 1. The topological polar surface area (TPSA) is 130 Å². The molecule has 0 heterocycles. The predicted molar refractivity (Wildman–Crippen MR) is 54.8 cm³/mol. The molecule has 7 nitrogen and oxygen atoms in total. The number of amidine groups is 1. The largest absolute Gasteiger partial charge is 0.726 e. The maximum atomic E-state index is 8.63. The standard InChI is InChI=1S/C5H11N3S.H2O4S/c1-4(2)7-8-5(6)9-3;1-5(2,3)4/h1-3H3,(H2,6,8);(H2,1,2,3,4). The van der Waals surface area contributed by atoms with Gasteiger partial charge in [-0.15, -0.1) is 5.10 Å². The van der Waals surface area contributed by atoms with Gasteiger partial charge in [0.1, 0.15) is 0 Å². The molecule has 0 aromatic rings. The Kier molecular flexibility index (Phi) is 8.74. The summed E-state index contributed by atoms with van der Waals surface area (Å²) in [5, 5.41) is 7.18. The van der Waals surface area contributed by atoms with E-state index in [1.165, 1.54) is 11.8 Å². The number of hydrogen-bond acceptors (Lipinski definition) is 5. The average molecular weight is 243 g/mol. The molecule has 0 saturated heterocycles. The van der Waals surface area contributed by atoms with Crippen LogP contribution in [0.3, 0.4) is 0 Å². The van der Waals surface area contributed by atoms with E-state index in [2.05, 4.69) is 10.2 Å². The maximum Gasteiger partial charge on any atom is 0.326 e. The Morgan fingerprint density at radius 1 is 1.57 bits per heavy atom. The van der Waals surface area contributed by atoms with Gasteiger partial charge in [-0.1, -0.05) is 5.10 Å². The average Bonchev–Trinajstić information content (AvgIpc) is 1.96. The van der Waals surface area contributed by atoms with Gasteiger partial charge in [0, 0.05) is 0 Å². The molecular formula is C5H13N3O4S2. The third-order valence-corrected chi connectivity index (χ3v) is 1.14. The molecular weight excluding hydrogens is 230 g/mol. The van der Waals surface area contributed by atoms with Crippen LogP contribution in [-0.4, -0.2) is 34.7 Å². The van der Waals surface area contributed by atoms with Crippen molar-refractivity contribution >= 4 is 33.0 Å². The van der Waals surface area contributed by atoms with Gasteiger partial charge in [0.25, 0.3) is 0 Å². The molecule has 0 aliphatic rings. The molecule has 0 unspecified atom stereocenters. The summed E-state index contributed by atoms with van der Waals surface area (Å²) >= 11 is 1.44. The monoisotopic (exact) mass is 243 g/mol. The zero-order chi connectivity index (χ0) is 11.8. The lowest BCUT2D eigenvalue weighted by Crippen LogP contribution is -2.68. The van der Waals surface area contributed by atoms with E-state index in [0.717, 1.165) is 5.71 Å². The minimum Gasteiger partial charge on any atom is -0.726 e. The fourth-order valence-corrected chi connectivity index (χ4v) is 0.349. The van der Waals surface area contributed by atoms with Crippen molar-refractivity contribution in [3.05, 3.63) is 0 Å². The Labute approximate surface area is 87.1 Å². The molecule has 0 amide bonds. The summed E-state index contributed by atoms with van der Waals surface area (Å²) in [5.74, 6) is 0. The lowest BCUT2D eigenvalue weighted by atomic mass is 10.5. The first-order valence-corrected chi connectivity index (χ1v) is 5.87. The van der Waals surface area contributed by atoms with Gasteiger partial charge in [0.05, 0.1) is 5.71 Å². The normalized spacial score (nSPS) is 11.4. The van der Waals surface area contributed by atoms with Gasteiger partial charge in [0.15, 0.2) is 0 Å². The first-order chi connectivity index (χ1) is 6.16. The van der Waals surface area contributed by atoms with Crippen LogP contribution in [0.1, 0.15) is 13.8 Å². The summed E-state index contributed by atoms with van der Waals surface area (Å²) < 4.78 is 32.8. The summed E-state index contributed by atoms with van der Waals surface area (Å²) in [6.45, 7) is 3.81. The number of nitrogens with two attached hydrogens (primary N) is 1. The molecule has 0 spiro atoms. The van der Waals surface area contributed by atoms with Gasteiger partial charge in [-0.25, -0.2) is 8.42 Å². The second kappa shape index (κ2) is 7.74. The van der Waals surface area contributed by atoms with Gasteiger partial charge in [-0.2, -0.15) is 0 Å². The van der Waals surface area contributed by atoms with Crippen LogP contribution in [0.4, 0.5) is 0 Å². The Morgan fingerprint density at radius 2 is 1.93 bits per heavy atom. The maximum absolute atomic E-state index is 8.63. The third kappa shape index (κ3) is 30.1. The van der Waals surface area contributed by atoms with Crippen molar-refractivity contribution in [1.29, 1.82) is 0 Å². The van der Waals surface area contributed by atoms with Gasteiger partial charge < -0.3 is 4.55 Å². The Morgan fingerprint density at radius 3 is 2.14 bits per heavy atom. The molecule has 0 aromatic heterocycles. The Hall–Kier alpha value is -0.640. The van der Waals surface area contributed by atoms with Crippen LogP contribution < -0.4 is 10.8 Å². The Balaban J connectivity index is 0. The zero-order valence-electron chi connectivity index (χ0n) is 8.01. The summed E-state index contributed by atoms with van der Waals surface area (Å²) in [4.78, 5) is 0. The molecule has 84 valence electrons. The molecule has 0 rings (SSSR count). The Bertz CT molecular complexity index is 297.